The van der Waals surface area contributed by atoms with Gasteiger partial charge in [-0.15, -0.1) is 0 Å². The highest BCUT2D eigenvalue weighted by molar-refractivity contribution is 7.88. The molecule has 0 atom stereocenters. The van der Waals surface area contributed by atoms with E-state index in [4.69, 9.17) is 4.74 Å². The van der Waals surface area contributed by atoms with Crippen molar-refractivity contribution in [3.05, 3.63) is 65.7 Å². The van der Waals surface area contributed by atoms with E-state index < -0.39 is 22.8 Å². The van der Waals surface area contributed by atoms with Gasteiger partial charge < -0.3 is 4.74 Å². The summed E-state index contributed by atoms with van der Waals surface area (Å²) in [7, 11) is -3.38. The molecule has 1 aliphatic heterocycles. The van der Waals surface area contributed by atoms with E-state index in [1.54, 1.807) is 24.3 Å². The first-order valence-electron chi connectivity index (χ1n) is 9.24. The minimum Gasteiger partial charge on any atom is -0.484 e. The molecule has 2 aromatic carbocycles. The molecule has 0 bridgehead atoms. The smallest absolute Gasteiger partial charge is 0.422 e. The van der Waals surface area contributed by atoms with Crippen molar-refractivity contribution in [2.45, 2.75) is 18.5 Å². The summed E-state index contributed by atoms with van der Waals surface area (Å²) in [6.07, 6.45) is -4.38. The summed E-state index contributed by atoms with van der Waals surface area (Å²) in [5.74, 6) is 0.149. The zero-order chi connectivity index (χ0) is 20.9. The van der Waals surface area contributed by atoms with Crippen LogP contribution in [-0.4, -0.2) is 56.6 Å². The molecule has 1 fully saturated rings. The Kier molecular flexibility index (Phi) is 6.81. The van der Waals surface area contributed by atoms with E-state index in [-0.39, 0.29) is 11.5 Å². The zero-order valence-corrected chi connectivity index (χ0v) is 16.6. The third-order valence-corrected chi connectivity index (χ3v) is 6.47. The van der Waals surface area contributed by atoms with Gasteiger partial charge in [0.05, 0.1) is 5.75 Å². The Morgan fingerprint density at radius 2 is 1.55 bits per heavy atom. The highest BCUT2D eigenvalue weighted by Crippen LogP contribution is 2.21. The van der Waals surface area contributed by atoms with Crippen LogP contribution >= 0.6 is 0 Å². The number of hydrogen-bond acceptors (Lipinski definition) is 4. The Morgan fingerprint density at radius 1 is 0.897 bits per heavy atom. The Hall–Kier alpha value is -2.10. The Labute approximate surface area is 168 Å². The Morgan fingerprint density at radius 3 is 2.21 bits per heavy atom. The molecule has 0 aromatic heterocycles. The Balaban J connectivity index is 1.52. The first-order chi connectivity index (χ1) is 13.7. The number of ether oxygens (including phenoxy) is 1. The summed E-state index contributed by atoms with van der Waals surface area (Å²) < 4.78 is 68.4. The number of sulfonamides is 1. The molecule has 1 heterocycles. The van der Waals surface area contributed by atoms with Crippen molar-refractivity contribution in [1.82, 2.24) is 9.21 Å². The van der Waals surface area contributed by atoms with Crippen LogP contribution in [0.3, 0.4) is 0 Å². The van der Waals surface area contributed by atoms with Crippen LogP contribution in [0.25, 0.3) is 0 Å². The van der Waals surface area contributed by atoms with Crippen LogP contribution < -0.4 is 4.74 Å². The van der Waals surface area contributed by atoms with E-state index in [1.807, 2.05) is 24.3 Å². The van der Waals surface area contributed by atoms with E-state index in [0.29, 0.717) is 32.7 Å². The van der Waals surface area contributed by atoms with Gasteiger partial charge in [0.25, 0.3) is 0 Å². The van der Waals surface area contributed by atoms with Crippen molar-refractivity contribution in [2.24, 2.45) is 0 Å². The lowest BCUT2D eigenvalue weighted by Crippen LogP contribution is -2.48. The van der Waals surface area contributed by atoms with E-state index in [0.717, 1.165) is 11.1 Å². The maximum Gasteiger partial charge on any atom is 0.422 e. The van der Waals surface area contributed by atoms with Gasteiger partial charge in [0.15, 0.2) is 6.61 Å². The number of piperazine rings is 1. The van der Waals surface area contributed by atoms with E-state index >= 15 is 0 Å². The molecule has 0 saturated carbocycles. The molecule has 3 rings (SSSR count). The van der Waals surface area contributed by atoms with Crippen molar-refractivity contribution in [3.8, 4) is 5.75 Å². The molecular weight excluding hydrogens is 405 g/mol. The van der Waals surface area contributed by atoms with Crippen LogP contribution in [0.15, 0.2) is 54.6 Å². The number of alkyl halides is 3. The molecule has 0 amide bonds. The molecule has 1 saturated heterocycles. The standard InChI is InChI=1S/C20H23F3N2O3S/c21-20(22,23)16-28-19-8-4-7-18(13-19)14-24-9-11-25(12-10-24)29(26,27)15-17-5-2-1-3-6-17/h1-8,13H,9-12,14-16H2. The molecule has 1 aliphatic rings. The summed E-state index contributed by atoms with van der Waals surface area (Å²) in [4.78, 5) is 2.08. The largest absolute Gasteiger partial charge is 0.484 e. The fourth-order valence-corrected chi connectivity index (χ4v) is 4.71. The minimum absolute atomic E-state index is 0.0214. The van der Waals surface area contributed by atoms with Crippen molar-refractivity contribution >= 4 is 10.0 Å². The fourth-order valence-electron chi connectivity index (χ4n) is 3.20. The molecule has 29 heavy (non-hydrogen) atoms. The third-order valence-electron chi connectivity index (χ3n) is 4.62. The van der Waals surface area contributed by atoms with Crippen LogP contribution in [0, 0.1) is 0 Å². The average molecular weight is 428 g/mol. The number of benzene rings is 2. The predicted octanol–water partition coefficient (Wildman–Crippen LogP) is 3.28. The van der Waals surface area contributed by atoms with Crippen molar-refractivity contribution in [1.29, 1.82) is 0 Å². The van der Waals surface area contributed by atoms with Gasteiger partial charge in [0, 0.05) is 32.7 Å². The predicted molar refractivity (Wildman–Crippen MR) is 104 cm³/mol. The van der Waals surface area contributed by atoms with Crippen LogP contribution in [0.4, 0.5) is 13.2 Å². The van der Waals surface area contributed by atoms with Gasteiger partial charge in [-0.3, -0.25) is 4.90 Å². The van der Waals surface area contributed by atoms with Crippen LogP contribution in [0.5, 0.6) is 5.75 Å². The summed E-state index contributed by atoms with van der Waals surface area (Å²) in [6.45, 7) is 1.09. The monoisotopic (exact) mass is 428 g/mol. The highest BCUT2D eigenvalue weighted by Gasteiger charge is 2.29. The lowest BCUT2D eigenvalue weighted by Gasteiger charge is -2.34. The van der Waals surface area contributed by atoms with Crippen LogP contribution in [-0.2, 0) is 22.3 Å². The SMILES string of the molecule is O=S(=O)(Cc1ccccc1)N1CCN(Cc2cccc(OCC(F)(F)F)c2)CC1. The van der Waals surface area contributed by atoms with Gasteiger partial charge >= 0.3 is 6.18 Å². The molecule has 0 aliphatic carbocycles. The van der Waals surface area contributed by atoms with Crippen molar-refractivity contribution in [2.75, 3.05) is 32.8 Å². The van der Waals surface area contributed by atoms with E-state index in [9.17, 15) is 21.6 Å². The molecule has 0 radical (unpaired) electrons. The second-order valence-corrected chi connectivity index (χ2v) is 8.94. The molecule has 0 unspecified atom stereocenters. The minimum atomic E-state index is -4.38. The lowest BCUT2D eigenvalue weighted by atomic mass is 10.2. The van der Waals surface area contributed by atoms with Gasteiger partial charge in [-0.1, -0.05) is 42.5 Å². The van der Waals surface area contributed by atoms with Gasteiger partial charge in [-0.25, -0.2) is 8.42 Å². The number of halogens is 3. The summed E-state index contributed by atoms with van der Waals surface area (Å²) in [5, 5.41) is 0. The van der Waals surface area contributed by atoms with E-state index in [1.165, 1.54) is 10.4 Å². The lowest BCUT2D eigenvalue weighted by molar-refractivity contribution is -0.153. The summed E-state index contributed by atoms with van der Waals surface area (Å²) in [5.41, 5.74) is 1.58. The molecule has 158 valence electrons. The quantitative estimate of drug-likeness (QED) is 0.679. The van der Waals surface area contributed by atoms with Gasteiger partial charge in [0.1, 0.15) is 5.75 Å². The van der Waals surface area contributed by atoms with Gasteiger partial charge in [-0.05, 0) is 23.3 Å². The molecule has 0 spiro atoms. The van der Waals surface area contributed by atoms with Crippen LogP contribution in [0.1, 0.15) is 11.1 Å². The van der Waals surface area contributed by atoms with Crippen molar-refractivity contribution in [3.63, 3.8) is 0 Å². The first-order valence-corrected chi connectivity index (χ1v) is 10.8. The molecule has 5 nitrogen and oxygen atoms in total. The van der Waals surface area contributed by atoms with Crippen LogP contribution in [0.2, 0.25) is 0 Å². The van der Waals surface area contributed by atoms with Gasteiger partial charge in [0.2, 0.25) is 10.0 Å². The molecule has 9 heteroatoms. The van der Waals surface area contributed by atoms with Crippen molar-refractivity contribution < 1.29 is 26.3 Å². The fraction of sp³-hybridized carbons (Fsp3) is 0.400. The number of rotatable bonds is 7. The van der Waals surface area contributed by atoms with E-state index in [2.05, 4.69) is 4.90 Å². The zero-order valence-electron chi connectivity index (χ0n) is 15.8. The maximum atomic E-state index is 12.6. The number of hydrogen-bond donors (Lipinski definition) is 0. The maximum absolute atomic E-state index is 12.6. The first kappa shape index (κ1) is 21.6. The Bertz CT molecular complexity index is 897. The summed E-state index contributed by atoms with van der Waals surface area (Å²) in [6, 6.07) is 15.6. The van der Waals surface area contributed by atoms with Gasteiger partial charge in [-0.2, -0.15) is 17.5 Å². The average Bonchev–Trinajstić information content (AvgIpc) is 2.67. The topological polar surface area (TPSA) is 49.9 Å². The molecule has 2 aromatic rings. The highest BCUT2D eigenvalue weighted by atomic mass is 32.2. The molecular formula is C20H23F3N2O3S. The number of nitrogens with zero attached hydrogens (tertiary/aromatic N) is 2. The second kappa shape index (κ2) is 9.15. The normalized spacial score (nSPS) is 16.7. The molecule has 0 N–H and O–H groups in total. The second-order valence-electron chi connectivity index (χ2n) is 6.97. The third kappa shape index (κ3) is 6.73. The summed E-state index contributed by atoms with van der Waals surface area (Å²) >= 11 is 0.